The zero-order chi connectivity index (χ0) is 14.6. The predicted octanol–water partition coefficient (Wildman–Crippen LogP) is 1.93. The molecule has 0 saturated heterocycles. The molecule has 1 aromatic rings. The van der Waals surface area contributed by atoms with Crippen molar-refractivity contribution < 1.29 is 13.9 Å². The molecule has 20 heavy (non-hydrogen) atoms. The van der Waals surface area contributed by atoms with Gasteiger partial charge < -0.3 is 15.4 Å². The first-order valence-electron chi connectivity index (χ1n) is 6.90. The first kappa shape index (κ1) is 14.8. The predicted molar refractivity (Wildman–Crippen MR) is 74.9 cm³/mol. The van der Waals surface area contributed by atoms with Crippen LogP contribution in [0.15, 0.2) is 24.3 Å². The fraction of sp³-hybridized carbons (Fsp3) is 0.533. The Morgan fingerprint density at radius 1 is 1.40 bits per heavy atom. The Morgan fingerprint density at radius 3 is 2.60 bits per heavy atom. The van der Waals surface area contributed by atoms with Gasteiger partial charge in [0.05, 0.1) is 6.54 Å². The van der Waals surface area contributed by atoms with Gasteiger partial charge in [0, 0.05) is 19.0 Å². The topological polar surface area (TPSA) is 55.6 Å². The number of carbonyl (C=O) groups excluding carboxylic acids is 1. The van der Waals surface area contributed by atoms with E-state index in [4.69, 9.17) is 10.5 Å². The van der Waals surface area contributed by atoms with E-state index in [9.17, 15) is 9.18 Å². The van der Waals surface area contributed by atoms with Crippen molar-refractivity contribution in [3.8, 4) is 5.75 Å². The van der Waals surface area contributed by atoms with Gasteiger partial charge in [-0.05, 0) is 43.5 Å². The SMILES string of the molecule is CN(CCOc1ccc(F)cc1)C(=O)CC1(N)CCC1. The standard InChI is InChI=1S/C15H21FN2O2/c1-18(14(19)11-15(17)7-2-8-15)9-10-20-13-5-3-12(16)4-6-13/h3-6H,2,7-11,17H2,1H3. The van der Waals surface area contributed by atoms with Crippen LogP contribution < -0.4 is 10.5 Å². The van der Waals surface area contributed by atoms with Crippen molar-refractivity contribution >= 4 is 5.91 Å². The largest absolute Gasteiger partial charge is 0.492 e. The van der Waals surface area contributed by atoms with Crippen LogP contribution in [-0.4, -0.2) is 36.5 Å². The van der Waals surface area contributed by atoms with Crippen LogP contribution in [0.2, 0.25) is 0 Å². The van der Waals surface area contributed by atoms with Crippen molar-refractivity contribution in [3.05, 3.63) is 30.1 Å². The van der Waals surface area contributed by atoms with Crippen LogP contribution in [0.4, 0.5) is 4.39 Å². The Bertz CT molecular complexity index is 457. The number of amides is 1. The van der Waals surface area contributed by atoms with Gasteiger partial charge in [-0.3, -0.25) is 4.79 Å². The highest BCUT2D eigenvalue weighted by Gasteiger charge is 2.35. The Hall–Kier alpha value is -1.62. The Morgan fingerprint density at radius 2 is 2.05 bits per heavy atom. The third-order valence-electron chi connectivity index (χ3n) is 3.79. The Labute approximate surface area is 118 Å². The number of hydrogen-bond donors (Lipinski definition) is 1. The van der Waals surface area contributed by atoms with E-state index in [2.05, 4.69) is 0 Å². The number of ether oxygens (including phenoxy) is 1. The summed E-state index contributed by atoms with van der Waals surface area (Å²) in [7, 11) is 1.75. The molecular weight excluding hydrogens is 259 g/mol. The second-order valence-corrected chi connectivity index (χ2v) is 5.51. The lowest BCUT2D eigenvalue weighted by Gasteiger charge is -2.38. The number of halogens is 1. The number of rotatable bonds is 6. The highest BCUT2D eigenvalue weighted by atomic mass is 19.1. The molecule has 0 spiro atoms. The van der Waals surface area contributed by atoms with E-state index in [0.29, 0.717) is 25.3 Å². The van der Waals surface area contributed by atoms with Crippen molar-refractivity contribution in [2.75, 3.05) is 20.2 Å². The van der Waals surface area contributed by atoms with Crippen molar-refractivity contribution in [2.24, 2.45) is 5.73 Å². The van der Waals surface area contributed by atoms with Gasteiger partial charge in [0.25, 0.3) is 0 Å². The molecule has 1 saturated carbocycles. The summed E-state index contributed by atoms with van der Waals surface area (Å²) in [6.45, 7) is 0.873. The van der Waals surface area contributed by atoms with E-state index in [1.54, 1.807) is 24.1 Å². The average Bonchev–Trinajstić information content (AvgIpc) is 2.39. The molecule has 1 amide bonds. The number of nitrogens with two attached hydrogens (primary N) is 1. The van der Waals surface area contributed by atoms with Crippen LogP contribution in [0.3, 0.4) is 0 Å². The average molecular weight is 280 g/mol. The molecule has 0 bridgehead atoms. The highest BCUT2D eigenvalue weighted by molar-refractivity contribution is 5.77. The summed E-state index contributed by atoms with van der Waals surface area (Å²) in [4.78, 5) is 13.6. The van der Waals surface area contributed by atoms with E-state index in [1.807, 2.05) is 0 Å². The van der Waals surface area contributed by atoms with Gasteiger partial charge in [0.2, 0.25) is 5.91 Å². The zero-order valence-electron chi connectivity index (χ0n) is 11.8. The van der Waals surface area contributed by atoms with Gasteiger partial charge in [-0.2, -0.15) is 0 Å². The van der Waals surface area contributed by atoms with E-state index in [0.717, 1.165) is 19.3 Å². The molecule has 110 valence electrons. The molecule has 5 heteroatoms. The van der Waals surface area contributed by atoms with Gasteiger partial charge in [0.1, 0.15) is 18.2 Å². The van der Waals surface area contributed by atoms with E-state index in [-0.39, 0.29) is 17.3 Å². The lowest BCUT2D eigenvalue weighted by molar-refractivity contribution is -0.132. The highest BCUT2D eigenvalue weighted by Crippen LogP contribution is 2.32. The van der Waals surface area contributed by atoms with Crippen molar-refractivity contribution in [3.63, 3.8) is 0 Å². The monoisotopic (exact) mass is 280 g/mol. The van der Waals surface area contributed by atoms with Crippen LogP contribution >= 0.6 is 0 Å². The van der Waals surface area contributed by atoms with Gasteiger partial charge >= 0.3 is 0 Å². The molecule has 0 radical (unpaired) electrons. The Balaban J connectivity index is 1.70. The van der Waals surface area contributed by atoms with Crippen LogP contribution in [0.1, 0.15) is 25.7 Å². The molecule has 0 heterocycles. The van der Waals surface area contributed by atoms with Gasteiger partial charge in [0.15, 0.2) is 0 Å². The maximum atomic E-state index is 12.7. The third kappa shape index (κ3) is 3.93. The van der Waals surface area contributed by atoms with Crippen LogP contribution in [0, 0.1) is 5.82 Å². The number of nitrogens with zero attached hydrogens (tertiary/aromatic N) is 1. The molecule has 1 aliphatic carbocycles. The van der Waals surface area contributed by atoms with Crippen LogP contribution in [0.25, 0.3) is 0 Å². The molecule has 0 unspecified atom stereocenters. The number of hydrogen-bond acceptors (Lipinski definition) is 3. The fourth-order valence-corrected chi connectivity index (χ4v) is 2.20. The lowest BCUT2D eigenvalue weighted by Crippen LogP contribution is -2.50. The third-order valence-corrected chi connectivity index (χ3v) is 3.79. The number of likely N-dealkylation sites (N-methyl/N-ethyl adjacent to an activating group) is 1. The number of carbonyl (C=O) groups is 1. The first-order chi connectivity index (χ1) is 9.48. The van der Waals surface area contributed by atoms with Gasteiger partial charge in [-0.15, -0.1) is 0 Å². The number of benzene rings is 1. The van der Waals surface area contributed by atoms with Gasteiger partial charge in [-0.25, -0.2) is 4.39 Å². The maximum Gasteiger partial charge on any atom is 0.224 e. The zero-order valence-corrected chi connectivity index (χ0v) is 11.8. The molecule has 1 aromatic carbocycles. The lowest BCUT2D eigenvalue weighted by atomic mass is 9.75. The molecule has 2 N–H and O–H groups in total. The summed E-state index contributed by atoms with van der Waals surface area (Å²) in [5.74, 6) is 0.356. The molecule has 2 rings (SSSR count). The minimum atomic E-state index is -0.293. The second kappa shape index (κ2) is 6.22. The van der Waals surface area contributed by atoms with E-state index in [1.165, 1.54) is 12.1 Å². The molecule has 4 nitrogen and oxygen atoms in total. The molecule has 0 aromatic heterocycles. The minimum absolute atomic E-state index is 0.0508. The smallest absolute Gasteiger partial charge is 0.224 e. The summed E-state index contributed by atoms with van der Waals surface area (Å²) in [5.41, 5.74) is 5.77. The van der Waals surface area contributed by atoms with Crippen LogP contribution in [0.5, 0.6) is 5.75 Å². The molecular formula is C15H21FN2O2. The molecule has 0 aliphatic heterocycles. The second-order valence-electron chi connectivity index (χ2n) is 5.51. The molecule has 1 fully saturated rings. The van der Waals surface area contributed by atoms with Gasteiger partial charge in [-0.1, -0.05) is 0 Å². The van der Waals surface area contributed by atoms with Crippen molar-refractivity contribution in [2.45, 2.75) is 31.2 Å². The summed E-state index contributed by atoms with van der Waals surface area (Å²) in [5, 5.41) is 0. The molecule has 0 atom stereocenters. The summed E-state index contributed by atoms with van der Waals surface area (Å²) in [6.07, 6.45) is 3.37. The normalized spacial score (nSPS) is 16.4. The van der Waals surface area contributed by atoms with E-state index < -0.39 is 0 Å². The first-order valence-corrected chi connectivity index (χ1v) is 6.90. The van der Waals surface area contributed by atoms with Crippen molar-refractivity contribution in [1.29, 1.82) is 0 Å². The minimum Gasteiger partial charge on any atom is -0.492 e. The van der Waals surface area contributed by atoms with Crippen molar-refractivity contribution in [1.82, 2.24) is 4.90 Å². The van der Waals surface area contributed by atoms with Crippen LogP contribution in [-0.2, 0) is 4.79 Å². The summed E-state index contributed by atoms with van der Waals surface area (Å²) >= 11 is 0. The fourth-order valence-electron chi connectivity index (χ4n) is 2.20. The molecule has 1 aliphatic rings. The summed E-state index contributed by atoms with van der Waals surface area (Å²) < 4.78 is 18.2. The summed E-state index contributed by atoms with van der Waals surface area (Å²) in [6, 6.07) is 5.83. The Kier molecular flexibility index (Phi) is 4.60. The van der Waals surface area contributed by atoms with E-state index >= 15 is 0 Å². The maximum absolute atomic E-state index is 12.7. The quantitative estimate of drug-likeness (QED) is 0.866.